The minimum Gasteiger partial charge on any atom is -0.378 e. The molecule has 1 fully saturated rings. The van der Waals surface area contributed by atoms with E-state index >= 15 is 0 Å². The number of carbonyl (C=O) groups excluding carboxylic acids is 1. The van der Waals surface area contributed by atoms with Gasteiger partial charge in [0.1, 0.15) is 6.54 Å². The van der Waals surface area contributed by atoms with Gasteiger partial charge in [0.2, 0.25) is 11.7 Å². The molecule has 2 heterocycles. The number of anilines is 1. The molecule has 2 aromatic rings. The lowest BCUT2D eigenvalue weighted by molar-refractivity contribution is -0.122. The Balaban J connectivity index is 1.55. The van der Waals surface area contributed by atoms with E-state index in [2.05, 4.69) is 20.7 Å². The number of ether oxygens (including phenoxy) is 1. The zero-order chi connectivity index (χ0) is 16.9. The topological polar surface area (TPSA) is 85.2 Å². The van der Waals surface area contributed by atoms with Gasteiger partial charge in [0, 0.05) is 38.5 Å². The summed E-state index contributed by atoms with van der Waals surface area (Å²) < 4.78 is 5.47. The van der Waals surface area contributed by atoms with Crippen LogP contribution in [0.3, 0.4) is 0 Å². The molecule has 3 rings (SSSR count). The van der Waals surface area contributed by atoms with Gasteiger partial charge in [0.25, 0.3) is 0 Å². The van der Waals surface area contributed by atoms with Gasteiger partial charge in [-0.25, -0.2) is 0 Å². The lowest BCUT2D eigenvalue weighted by Gasteiger charge is -2.11. The van der Waals surface area contributed by atoms with E-state index in [0.717, 1.165) is 30.7 Å². The van der Waals surface area contributed by atoms with Crippen molar-refractivity contribution in [3.05, 3.63) is 24.3 Å². The Labute approximate surface area is 140 Å². The lowest BCUT2D eigenvalue weighted by Crippen LogP contribution is -2.34. The zero-order valence-corrected chi connectivity index (χ0v) is 14.0. The first-order chi connectivity index (χ1) is 11.6. The van der Waals surface area contributed by atoms with Crippen LogP contribution in [0.1, 0.15) is 12.8 Å². The van der Waals surface area contributed by atoms with Crippen LogP contribution in [-0.2, 0) is 16.1 Å². The number of aromatic nitrogens is 4. The Bertz CT molecular complexity index is 676. The number of tetrazole rings is 1. The third kappa shape index (κ3) is 4.08. The van der Waals surface area contributed by atoms with E-state index in [9.17, 15) is 4.79 Å². The van der Waals surface area contributed by atoms with Crippen LogP contribution in [0.4, 0.5) is 5.69 Å². The van der Waals surface area contributed by atoms with Crippen molar-refractivity contribution in [1.82, 2.24) is 25.5 Å². The van der Waals surface area contributed by atoms with Crippen molar-refractivity contribution in [2.45, 2.75) is 25.5 Å². The summed E-state index contributed by atoms with van der Waals surface area (Å²) in [5.74, 6) is 0.365. The molecule has 0 saturated carbocycles. The Kier molecular flexibility index (Phi) is 5.05. The first-order valence-electron chi connectivity index (χ1n) is 8.05. The maximum Gasteiger partial charge on any atom is 0.243 e. The SMILES string of the molecule is CN(C)c1ccc(-c2nnn(CC(=O)NCC3CCCO3)n2)cc1. The molecule has 24 heavy (non-hydrogen) atoms. The standard InChI is InChI=1S/C16H22N6O2/c1-21(2)13-7-5-12(6-8-13)16-18-20-22(19-16)11-15(23)17-10-14-4-3-9-24-14/h5-8,14H,3-4,9-11H2,1-2H3,(H,17,23). The molecule has 1 atom stereocenters. The summed E-state index contributed by atoms with van der Waals surface area (Å²) in [7, 11) is 3.97. The van der Waals surface area contributed by atoms with Crippen molar-refractivity contribution in [2.75, 3.05) is 32.1 Å². The molecule has 0 bridgehead atoms. The van der Waals surface area contributed by atoms with Crippen LogP contribution in [-0.4, -0.2) is 59.5 Å². The van der Waals surface area contributed by atoms with Crippen molar-refractivity contribution in [3.63, 3.8) is 0 Å². The molecule has 0 radical (unpaired) electrons. The molecule has 1 unspecified atom stereocenters. The van der Waals surface area contributed by atoms with Gasteiger partial charge in [0.05, 0.1) is 6.10 Å². The molecular formula is C16H22N6O2. The number of benzene rings is 1. The number of carbonyl (C=O) groups is 1. The van der Waals surface area contributed by atoms with Crippen molar-refractivity contribution >= 4 is 11.6 Å². The minimum atomic E-state index is -0.141. The van der Waals surface area contributed by atoms with E-state index < -0.39 is 0 Å². The highest BCUT2D eigenvalue weighted by Gasteiger charge is 2.16. The number of amides is 1. The lowest BCUT2D eigenvalue weighted by atomic mass is 10.2. The summed E-state index contributed by atoms with van der Waals surface area (Å²) in [6.45, 7) is 1.36. The second kappa shape index (κ2) is 7.39. The molecule has 8 heteroatoms. The van der Waals surface area contributed by atoms with E-state index in [1.807, 2.05) is 43.3 Å². The summed E-state index contributed by atoms with van der Waals surface area (Å²) >= 11 is 0. The largest absolute Gasteiger partial charge is 0.378 e. The molecule has 0 spiro atoms. The fourth-order valence-corrected chi connectivity index (χ4v) is 2.55. The summed E-state index contributed by atoms with van der Waals surface area (Å²) in [4.78, 5) is 15.3. The summed E-state index contributed by atoms with van der Waals surface area (Å²) in [6, 6.07) is 7.86. The van der Waals surface area contributed by atoms with Crippen LogP contribution in [0, 0.1) is 0 Å². The maximum absolute atomic E-state index is 11.9. The van der Waals surface area contributed by atoms with Gasteiger partial charge in [-0.15, -0.1) is 10.2 Å². The van der Waals surface area contributed by atoms with Crippen LogP contribution >= 0.6 is 0 Å². The average Bonchev–Trinajstić information content (AvgIpc) is 3.25. The van der Waals surface area contributed by atoms with Crippen LogP contribution in [0.5, 0.6) is 0 Å². The fourth-order valence-electron chi connectivity index (χ4n) is 2.55. The molecule has 1 amide bonds. The summed E-state index contributed by atoms with van der Waals surface area (Å²) in [5, 5.41) is 15.1. The molecule has 0 aliphatic carbocycles. The predicted molar refractivity (Wildman–Crippen MR) is 89.6 cm³/mol. The highest BCUT2D eigenvalue weighted by Crippen LogP contribution is 2.18. The normalized spacial score (nSPS) is 17.0. The summed E-state index contributed by atoms with van der Waals surface area (Å²) in [5.41, 5.74) is 1.96. The fraction of sp³-hybridized carbons (Fsp3) is 0.500. The van der Waals surface area contributed by atoms with Crippen LogP contribution in [0.2, 0.25) is 0 Å². The molecule has 1 aliphatic rings. The molecule has 1 saturated heterocycles. The van der Waals surface area contributed by atoms with Gasteiger partial charge in [0.15, 0.2) is 0 Å². The number of hydrogen-bond donors (Lipinski definition) is 1. The highest BCUT2D eigenvalue weighted by molar-refractivity contribution is 5.75. The van der Waals surface area contributed by atoms with Crippen molar-refractivity contribution in [3.8, 4) is 11.4 Å². The predicted octanol–water partition coefficient (Wildman–Crippen LogP) is 0.701. The van der Waals surface area contributed by atoms with E-state index in [1.54, 1.807) is 0 Å². The van der Waals surface area contributed by atoms with Gasteiger partial charge >= 0.3 is 0 Å². The van der Waals surface area contributed by atoms with Gasteiger partial charge < -0.3 is 15.0 Å². The zero-order valence-electron chi connectivity index (χ0n) is 14.0. The maximum atomic E-state index is 11.9. The minimum absolute atomic E-state index is 0.0511. The molecule has 1 aliphatic heterocycles. The first kappa shape index (κ1) is 16.4. The third-order valence-electron chi connectivity index (χ3n) is 3.93. The van der Waals surface area contributed by atoms with Crippen LogP contribution in [0.15, 0.2) is 24.3 Å². The average molecular weight is 330 g/mol. The molecule has 128 valence electrons. The Morgan fingerprint density at radius 2 is 2.17 bits per heavy atom. The van der Waals surface area contributed by atoms with Gasteiger partial charge in [-0.1, -0.05) is 0 Å². The Morgan fingerprint density at radius 1 is 1.38 bits per heavy atom. The van der Waals surface area contributed by atoms with Gasteiger partial charge in [-0.05, 0) is 42.3 Å². The van der Waals surface area contributed by atoms with Crippen LogP contribution < -0.4 is 10.2 Å². The van der Waals surface area contributed by atoms with Gasteiger partial charge in [-0.3, -0.25) is 4.79 Å². The quantitative estimate of drug-likeness (QED) is 0.839. The van der Waals surface area contributed by atoms with Gasteiger partial charge in [-0.2, -0.15) is 4.80 Å². The molecule has 1 aromatic heterocycles. The number of hydrogen-bond acceptors (Lipinski definition) is 6. The van der Waals surface area contributed by atoms with E-state index in [-0.39, 0.29) is 18.6 Å². The molecule has 1 N–H and O–H groups in total. The Morgan fingerprint density at radius 3 is 2.83 bits per heavy atom. The second-order valence-electron chi connectivity index (χ2n) is 6.02. The molecular weight excluding hydrogens is 308 g/mol. The highest BCUT2D eigenvalue weighted by atomic mass is 16.5. The van der Waals surface area contributed by atoms with E-state index in [4.69, 9.17) is 4.74 Å². The monoisotopic (exact) mass is 330 g/mol. The number of nitrogens with zero attached hydrogens (tertiary/aromatic N) is 5. The number of rotatable bonds is 6. The second-order valence-corrected chi connectivity index (χ2v) is 6.02. The number of nitrogens with one attached hydrogen (secondary N) is 1. The third-order valence-corrected chi connectivity index (χ3v) is 3.93. The smallest absolute Gasteiger partial charge is 0.243 e. The van der Waals surface area contributed by atoms with Crippen molar-refractivity contribution in [1.29, 1.82) is 0 Å². The van der Waals surface area contributed by atoms with E-state index in [0.29, 0.717) is 12.4 Å². The van der Waals surface area contributed by atoms with Crippen molar-refractivity contribution in [2.24, 2.45) is 0 Å². The van der Waals surface area contributed by atoms with E-state index in [1.165, 1.54) is 4.80 Å². The Hall–Kier alpha value is -2.48. The molecule has 8 nitrogen and oxygen atoms in total. The van der Waals surface area contributed by atoms with Crippen molar-refractivity contribution < 1.29 is 9.53 Å². The first-order valence-corrected chi connectivity index (χ1v) is 8.05. The van der Waals surface area contributed by atoms with Crippen LogP contribution in [0.25, 0.3) is 11.4 Å². The molecule has 1 aromatic carbocycles. The summed E-state index contributed by atoms with van der Waals surface area (Å²) in [6.07, 6.45) is 2.18.